The highest BCUT2D eigenvalue weighted by Gasteiger charge is 2.15. The normalized spacial score (nSPS) is 12.0. The maximum absolute atomic E-state index is 9.39. The molecular weight excluding hydrogens is 430 g/mol. The van der Waals surface area contributed by atoms with Crippen LogP contribution in [0.3, 0.4) is 0 Å². The van der Waals surface area contributed by atoms with Crippen molar-refractivity contribution in [1.29, 1.82) is 0 Å². The average molecular weight is 458 g/mol. The van der Waals surface area contributed by atoms with Gasteiger partial charge in [0.1, 0.15) is 6.33 Å². The number of aromatic nitrogens is 3. The molecule has 0 bridgehead atoms. The molecule has 33 heavy (non-hydrogen) atoms. The molecule has 4 N–H and O–H groups in total. The van der Waals surface area contributed by atoms with Crippen molar-refractivity contribution >= 4 is 44.0 Å². The van der Waals surface area contributed by atoms with Gasteiger partial charge < -0.3 is 20.7 Å². The number of aromatic amines is 1. The largest absolute Gasteiger partial charge is 0.396 e. The van der Waals surface area contributed by atoms with Crippen LogP contribution in [-0.2, 0) is 6.54 Å². The van der Waals surface area contributed by atoms with E-state index >= 15 is 0 Å². The first-order chi connectivity index (χ1) is 16.0. The van der Waals surface area contributed by atoms with E-state index in [4.69, 9.17) is 0 Å². The van der Waals surface area contributed by atoms with E-state index in [0.29, 0.717) is 0 Å². The summed E-state index contributed by atoms with van der Waals surface area (Å²) in [6.07, 6.45) is 3.55. The minimum absolute atomic E-state index is 0.114. The fourth-order valence-electron chi connectivity index (χ4n) is 3.74. The van der Waals surface area contributed by atoms with E-state index < -0.39 is 0 Å². The third-order valence-corrected chi connectivity index (χ3v) is 6.91. The number of aliphatic hydroxyl groups excluding tert-OH is 1. The number of anilines is 2. The Hall–Kier alpha value is -3.26. The Bertz CT molecular complexity index is 1390. The Labute approximate surface area is 196 Å². The molecule has 0 unspecified atom stereocenters. The van der Waals surface area contributed by atoms with Crippen molar-refractivity contribution in [2.24, 2.45) is 5.41 Å². The number of hydrogen-bond donors (Lipinski definition) is 4. The number of nitrogens with one attached hydrogen (secondary N) is 3. The van der Waals surface area contributed by atoms with Crippen LogP contribution in [0.4, 0.5) is 11.5 Å². The van der Waals surface area contributed by atoms with E-state index in [0.717, 1.165) is 56.2 Å². The minimum Gasteiger partial charge on any atom is -0.396 e. The molecule has 7 heteroatoms. The molecule has 0 radical (unpaired) electrons. The van der Waals surface area contributed by atoms with Gasteiger partial charge in [-0.15, -0.1) is 11.3 Å². The summed E-state index contributed by atoms with van der Waals surface area (Å²) in [5.41, 5.74) is 5.32. The lowest BCUT2D eigenvalue weighted by atomic mass is 9.95. The lowest BCUT2D eigenvalue weighted by Crippen LogP contribution is -2.31. The first-order valence-corrected chi connectivity index (χ1v) is 11.8. The van der Waals surface area contributed by atoms with E-state index in [-0.39, 0.29) is 12.0 Å². The van der Waals surface area contributed by atoms with E-state index in [2.05, 4.69) is 94.0 Å². The van der Waals surface area contributed by atoms with Gasteiger partial charge in [-0.1, -0.05) is 38.1 Å². The first kappa shape index (κ1) is 21.6. The summed E-state index contributed by atoms with van der Waals surface area (Å²) in [4.78, 5) is 13.4. The van der Waals surface area contributed by atoms with E-state index in [1.54, 1.807) is 17.7 Å². The molecule has 5 rings (SSSR count). The molecule has 3 heterocycles. The maximum atomic E-state index is 9.39. The zero-order valence-corrected chi connectivity index (χ0v) is 19.5. The van der Waals surface area contributed by atoms with Crippen molar-refractivity contribution in [3.63, 3.8) is 0 Å². The number of thiophene rings is 1. The van der Waals surface area contributed by atoms with Gasteiger partial charge in [0, 0.05) is 52.8 Å². The van der Waals surface area contributed by atoms with Crippen molar-refractivity contribution in [1.82, 2.24) is 20.3 Å². The van der Waals surface area contributed by atoms with Gasteiger partial charge in [0.2, 0.25) is 0 Å². The zero-order valence-electron chi connectivity index (χ0n) is 18.7. The monoisotopic (exact) mass is 457 g/mol. The summed E-state index contributed by atoms with van der Waals surface area (Å²) in [5.74, 6) is 0.818. The summed E-state index contributed by atoms with van der Waals surface area (Å²) in [5, 5.41) is 17.4. The van der Waals surface area contributed by atoms with Gasteiger partial charge in [-0.05, 0) is 41.5 Å². The molecule has 168 valence electrons. The van der Waals surface area contributed by atoms with Crippen LogP contribution < -0.4 is 10.6 Å². The summed E-state index contributed by atoms with van der Waals surface area (Å²) >= 11 is 1.69. The fourth-order valence-corrected chi connectivity index (χ4v) is 4.80. The third-order valence-electron chi connectivity index (χ3n) is 5.73. The van der Waals surface area contributed by atoms with Crippen molar-refractivity contribution < 1.29 is 5.11 Å². The Morgan fingerprint density at radius 2 is 1.88 bits per heavy atom. The second-order valence-electron chi connectivity index (χ2n) is 9.07. The van der Waals surface area contributed by atoms with Crippen molar-refractivity contribution in [2.45, 2.75) is 20.4 Å². The van der Waals surface area contributed by atoms with Crippen LogP contribution >= 0.6 is 11.3 Å². The molecule has 0 amide bonds. The van der Waals surface area contributed by atoms with Crippen LogP contribution in [0.5, 0.6) is 0 Å². The first-order valence-electron chi connectivity index (χ1n) is 11.0. The molecule has 0 saturated heterocycles. The molecule has 0 aliphatic carbocycles. The molecule has 3 aromatic heterocycles. The predicted octanol–water partition coefficient (Wildman–Crippen LogP) is 5.69. The van der Waals surface area contributed by atoms with Crippen LogP contribution in [0.25, 0.3) is 31.6 Å². The van der Waals surface area contributed by atoms with Crippen LogP contribution in [0.15, 0.2) is 67.1 Å². The minimum atomic E-state index is -0.114. The van der Waals surface area contributed by atoms with Crippen LogP contribution in [0, 0.1) is 5.41 Å². The Morgan fingerprint density at radius 3 is 2.70 bits per heavy atom. The van der Waals surface area contributed by atoms with Gasteiger partial charge in [0.15, 0.2) is 5.82 Å². The lowest BCUT2D eigenvalue weighted by molar-refractivity contribution is 0.156. The quantitative estimate of drug-likeness (QED) is 0.240. The highest BCUT2D eigenvalue weighted by Crippen LogP contribution is 2.36. The SMILES string of the molecule is CC(C)(CO)CNCc1ccc(-c2cc3ncnc(Nc4ccc5[nH]ccc5c4)c3s2)cc1. The Kier molecular flexibility index (Phi) is 5.85. The smallest absolute Gasteiger partial charge is 0.151 e. The lowest BCUT2D eigenvalue weighted by Gasteiger charge is -2.21. The number of H-pyrrole nitrogens is 1. The number of nitrogens with zero attached hydrogens (tertiary/aromatic N) is 2. The number of rotatable bonds is 8. The molecule has 0 saturated carbocycles. The van der Waals surface area contributed by atoms with E-state index in [9.17, 15) is 5.11 Å². The van der Waals surface area contributed by atoms with E-state index in [1.165, 1.54) is 5.56 Å². The van der Waals surface area contributed by atoms with Gasteiger partial charge >= 0.3 is 0 Å². The maximum Gasteiger partial charge on any atom is 0.151 e. The van der Waals surface area contributed by atoms with Gasteiger partial charge in [-0.25, -0.2) is 9.97 Å². The number of hydrogen-bond acceptors (Lipinski definition) is 6. The summed E-state index contributed by atoms with van der Waals surface area (Å²) in [6, 6.07) is 19.0. The molecule has 0 spiro atoms. The van der Waals surface area contributed by atoms with E-state index in [1.807, 2.05) is 6.20 Å². The summed E-state index contributed by atoms with van der Waals surface area (Å²) in [6.45, 7) is 5.82. The highest BCUT2D eigenvalue weighted by atomic mass is 32.1. The van der Waals surface area contributed by atoms with Crippen molar-refractivity contribution in [3.05, 3.63) is 72.7 Å². The van der Waals surface area contributed by atoms with Crippen LogP contribution in [-0.4, -0.2) is 33.2 Å². The Morgan fingerprint density at radius 1 is 1.03 bits per heavy atom. The fraction of sp³-hybridized carbons (Fsp3) is 0.231. The average Bonchev–Trinajstić information content (AvgIpc) is 3.47. The van der Waals surface area contributed by atoms with Crippen LogP contribution in [0.2, 0.25) is 0 Å². The molecule has 6 nitrogen and oxygen atoms in total. The number of aliphatic hydroxyl groups is 1. The summed E-state index contributed by atoms with van der Waals surface area (Å²) < 4.78 is 1.04. The van der Waals surface area contributed by atoms with Gasteiger partial charge in [-0.3, -0.25) is 0 Å². The molecule has 0 aliphatic heterocycles. The van der Waals surface area contributed by atoms with Gasteiger partial charge in [0.25, 0.3) is 0 Å². The standard InChI is InChI=1S/C26H27N5OS/c1-26(2,15-32)14-27-13-17-3-5-18(6-4-17)23-12-22-24(33-23)25(30-16-29-22)31-20-7-8-21-19(11-20)9-10-28-21/h3-12,16,27-28,32H,13-15H2,1-2H3,(H,29,30,31). The van der Waals surface area contributed by atoms with Crippen molar-refractivity contribution in [2.75, 3.05) is 18.5 Å². The molecule has 0 fully saturated rings. The number of benzene rings is 2. The zero-order chi connectivity index (χ0) is 22.8. The molecule has 0 aliphatic rings. The highest BCUT2D eigenvalue weighted by molar-refractivity contribution is 7.22. The third kappa shape index (κ3) is 4.75. The second-order valence-corrected chi connectivity index (χ2v) is 10.1. The second kappa shape index (κ2) is 8.94. The number of fused-ring (bicyclic) bond motifs is 2. The van der Waals surface area contributed by atoms with Gasteiger partial charge in [0.05, 0.1) is 10.2 Å². The molecule has 2 aromatic carbocycles. The predicted molar refractivity (Wildman–Crippen MR) is 137 cm³/mol. The Balaban J connectivity index is 1.34. The molecule has 5 aromatic rings. The summed E-state index contributed by atoms with van der Waals surface area (Å²) in [7, 11) is 0. The van der Waals surface area contributed by atoms with Crippen LogP contribution in [0.1, 0.15) is 19.4 Å². The van der Waals surface area contributed by atoms with Crippen molar-refractivity contribution in [3.8, 4) is 10.4 Å². The molecular formula is C26H27N5OS. The topological polar surface area (TPSA) is 85.9 Å². The molecule has 0 atom stereocenters. The van der Waals surface area contributed by atoms with Gasteiger partial charge in [-0.2, -0.15) is 0 Å².